The van der Waals surface area contributed by atoms with E-state index in [0.29, 0.717) is 6.54 Å². The van der Waals surface area contributed by atoms with Crippen molar-refractivity contribution >= 4 is 0 Å². The van der Waals surface area contributed by atoms with E-state index in [0.717, 1.165) is 37.3 Å². The first-order valence-electron chi connectivity index (χ1n) is 9.12. The number of aromatic nitrogens is 4. The van der Waals surface area contributed by atoms with Gasteiger partial charge in [0.1, 0.15) is 12.3 Å². The van der Waals surface area contributed by atoms with Crippen LogP contribution in [0.25, 0.3) is 0 Å². The second-order valence-corrected chi connectivity index (χ2v) is 6.94. The van der Waals surface area contributed by atoms with E-state index in [1.54, 1.807) is 6.26 Å². The Balaban J connectivity index is 0.00000182. The third kappa shape index (κ3) is 4.59. The van der Waals surface area contributed by atoms with Crippen LogP contribution in [-0.4, -0.2) is 62.2 Å². The molecular weight excluding hydrogens is 340 g/mol. The molecule has 4 rings (SSSR count). The average molecular weight is 366 g/mol. The molecule has 0 amide bonds. The van der Waals surface area contributed by atoms with E-state index in [1.165, 1.54) is 45.2 Å². The van der Waals surface area contributed by atoms with Crippen LogP contribution in [-0.2, 0) is 13.1 Å². The predicted molar refractivity (Wildman–Crippen MR) is 89.4 cm³/mol. The van der Waals surface area contributed by atoms with E-state index >= 15 is 0 Å². The normalized spacial score (nSPS) is 20.5. The SMILES string of the molecule is [Cl-].c1coc(Cn2nnnc2CN2CCN(C3CCCCC3)CC2)c1. The molecule has 0 unspecified atom stereocenters. The van der Waals surface area contributed by atoms with Gasteiger partial charge in [-0.15, -0.1) is 5.10 Å². The van der Waals surface area contributed by atoms with Crippen molar-refractivity contribution in [2.45, 2.75) is 51.2 Å². The summed E-state index contributed by atoms with van der Waals surface area (Å²) in [5.74, 6) is 1.79. The Labute approximate surface area is 154 Å². The zero-order chi connectivity index (χ0) is 16.2. The van der Waals surface area contributed by atoms with Crippen molar-refractivity contribution in [3.05, 3.63) is 30.0 Å². The van der Waals surface area contributed by atoms with E-state index in [2.05, 4.69) is 25.3 Å². The Morgan fingerprint density at radius 2 is 1.84 bits per heavy atom. The summed E-state index contributed by atoms with van der Waals surface area (Å²) in [6.45, 7) is 5.95. The van der Waals surface area contributed by atoms with Gasteiger partial charge in [-0.2, -0.15) is 0 Å². The number of nitrogens with zero attached hydrogens (tertiary/aromatic N) is 6. The van der Waals surface area contributed by atoms with Crippen molar-refractivity contribution in [1.82, 2.24) is 30.0 Å². The largest absolute Gasteiger partial charge is 1.00 e. The molecule has 1 saturated heterocycles. The van der Waals surface area contributed by atoms with Crippen LogP contribution in [0.3, 0.4) is 0 Å². The molecule has 0 N–H and O–H groups in total. The molecule has 138 valence electrons. The summed E-state index contributed by atoms with van der Waals surface area (Å²) in [6, 6.07) is 4.67. The van der Waals surface area contributed by atoms with Gasteiger partial charge in [-0.05, 0) is 35.4 Å². The van der Waals surface area contributed by atoms with Crippen molar-refractivity contribution < 1.29 is 16.8 Å². The third-order valence-corrected chi connectivity index (χ3v) is 5.35. The Kier molecular flexibility index (Phi) is 6.45. The number of hydrogen-bond acceptors (Lipinski definition) is 6. The summed E-state index contributed by atoms with van der Waals surface area (Å²) in [5.41, 5.74) is 0. The first-order valence-corrected chi connectivity index (χ1v) is 9.12. The fourth-order valence-corrected chi connectivity index (χ4v) is 3.94. The minimum atomic E-state index is 0. The van der Waals surface area contributed by atoms with Crippen molar-refractivity contribution in [3.63, 3.8) is 0 Å². The highest BCUT2D eigenvalue weighted by atomic mass is 35.5. The molecule has 0 radical (unpaired) electrons. The number of halogens is 1. The number of tetrazole rings is 1. The zero-order valence-electron chi connectivity index (χ0n) is 14.6. The highest BCUT2D eigenvalue weighted by molar-refractivity contribution is 4.99. The smallest absolute Gasteiger partial charge is 0.165 e. The minimum absolute atomic E-state index is 0. The van der Waals surface area contributed by atoms with Crippen molar-refractivity contribution in [2.75, 3.05) is 26.2 Å². The fraction of sp³-hybridized carbons (Fsp3) is 0.706. The fourth-order valence-electron chi connectivity index (χ4n) is 3.94. The van der Waals surface area contributed by atoms with Crippen LogP contribution in [0.5, 0.6) is 0 Å². The standard InChI is InChI=1S/C17H26N6O.ClH/c1-2-5-15(6-3-1)22-10-8-21(9-11-22)14-17-18-19-20-23(17)13-16-7-4-12-24-16;/h4,7,12,15H,1-3,5-6,8-11,13-14H2;1H/p-1. The molecule has 2 aromatic rings. The highest BCUT2D eigenvalue weighted by Gasteiger charge is 2.25. The van der Waals surface area contributed by atoms with Crippen molar-refractivity contribution in [3.8, 4) is 0 Å². The van der Waals surface area contributed by atoms with Gasteiger partial charge in [0.15, 0.2) is 5.82 Å². The summed E-state index contributed by atoms with van der Waals surface area (Å²) in [4.78, 5) is 5.16. The van der Waals surface area contributed by atoms with E-state index < -0.39 is 0 Å². The molecule has 8 heteroatoms. The van der Waals surface area contributed by atoms with Crippen LogP contribution in [0.15, 0.2) is 22.8 Å². The minimum Gasteiger partial charge on any atom is -1.00 e. The maximum Gasteiger partial charge on any atom is 0.165 e. The van der Waals surface area contributed by atoms with Crippen LogP contribution >= 0.6 is 0 Å². The number of hydrogen-bond donors (Lipinski definition) is 0. The summed E-state index contributed by atoms with van der Waals surface area (Å²) in [6.07, 6.45) is 8.71. The first-order chi connectivity index (χ1) is 11.9. The van der Waals surface area contributed by atoms with Gasteiger partial charge in [-0.1, -0.05) is 19.3 Å². The molecule has 7 nitrogen and oxygen atoms in total. The summed E-state index contributed by atoms with van der Waals surface area (Å²) in [5, 5.41) is 12.1. The Bertz CT molecular complexity index is 617. The van der Waals surface area contributed by atoms with Crippen molar-refractivity contribution in [2.24, 2.45) is 0 Å². The number of piperazine rings is 1. The van der Waals surface area contributed by atoms with Gasteiger partial charge in [-0.25, -0.2) is 4.68 Å². The van der Waals surface area contributed by atoms with E-state index in [4.69, 9.17) is 4.42 Å². The lowest BCUT2D eigenvalue weighted by atomic mass is 9.94. The van der Waals surface area contributed by atoms with Gasteiger partial charge in [0.05, 0.1) is 12.8 Å². The monoisotopic (exact) mass is 365 g/mol. The van der Waals surface area contributed by atoms with Gasteiger partial charge in [0.25, 0.3) is 0 Å². The third-order valence-electron chi connectivity index (χ3n) is 5.35. The van der Waals surface area contributed by atoms with Gasteiger partial charge in [0.2, 0.25) is 0 Å². The number of furan rings is 1. The lowest BCUT2D eigenvalue weighted by Crippen LogP contribution is -3.00. The molecule has 0 atom stereocenters. The van der Waals surface area contributed by atoms with Crippen LogP contribution < -0.4 is 12.4 Å². The van der Waals surface area contributed by atoms with E-state index in [9.17, 15) is 0 Å². The molecule has 1 saturated carbocycles. The summed E-state index contributed by atoms with van der Waals surface area (Å²) >= 11 is 0. The molecule has 25 heavy (non-hydrogen) atoms. The number of rotatable bonds is 5. The van der Waals surface area contributed by atoms with E-state index in [-0.39, 0.29) is 12.4 Å². The highest BCUT2D eigenvalue weighted by Crippen LogP contribution is 2.23. The first kappa shape index (κ1) is 18.4. The quantitative estimate of drug-likeness (QED) is 0.661. The molecule has 2 fully saturated rings. The maximum absolute atomic E-state index is 5.40. The molecule has 1 aliphatic heterocycles. The van der Waals surface area contributed by atoms with Crippen molar-refractivity contribution in [1.29, 1.82) is 0 Å². The Hall–Kier alpha value is -1.44. The Morgan fingerprint density at radius 1 is 1.04 bits per heavy atom. The Morgan fingerprint density at radius 3 is 2.56 bits per heavy atom. The van der Waals surface area contributed by atoms with Gasteiger partial charge >= 0.3 is 0 Å². The second kappa shape index (κ2) is 8.78. The van der Waals surface area contributed by atoms with Crippen LogP contribution in [0, 0.1) is 0 Å². The van der Waals surface area contributed by atoms with Gasteiger partial charge in [-0.3, -0.25) is 9.80 Å². The maximum atomic E-state index is 5.40. The molecule has 2 aliphatic rings. The predicted octanol–water partition coefficient (Wildman–Crippen LogP) is -1.23. The molecule has 0 aromatic carbocycles. The molecule has 0 spiro atoms. The zero-order valence-corrected chi connectivity index (χ0v) is 15.3. The van der Waals surface area contributed by atoms with Crippen LogP contribution in [0.4, 0.5) is 0 Å². The summed E-state index contributed by atoms with van der Waals surface area (Å²) in [7, 11) is 0. The van der Waals surface area contributed by atoms with Crippen LogP contribution in [0.2, 0.25) is 0 Å². The molecule has 2 aromatic heterocycles. The molecule has 3 heterocycles. The second-order valence-electron chi connectivity index (χ2n) is 6.94. The lowest BCUT2D eigenvalue weighted by Gasteiger charge is -2.40. The summed E-state index contributed by atoms with van der Waals surface area (Å²) < 4.78 is 7.24. The van der Waals surface area contributed by atoms with Crippen LogP contribution in [0.1, 0.15) is 43.7 Å². The molecule has 1 aliphatic carbocycles. The topological polar surface area (TPSA) is 63.2 Å². The molecular formula is C17H26ClN6O-. The van der Waals surface area contributed by atoms with Gasteiger partial charge < -0.3 is 16.8 Å². The lowest BCUT2D eigenvalue weighted by molar-refractivity contribution is -0.00000584. The molecule has 0 bridgehead atoms. The van der Waals surface area contributed by atoms with E-state index in [1.807, 2.05) is 16.8 Å². The van der Waals surface area contributed by atoms with Gasteiger partial charge in [0, 0.05) is 32.2 Å². The average Bonchev–Trinajstić information content (AvgIpc) is 3.29.